The van der Waals surface area contributed by atoms with Crippen molar-refractivity contribution in [3.05, 3.63) is 35.5 Å². The lowest BCUT2D eigenvalue weighted by Gasteiger charge is -2.32. The number of nitrogens with zero attached hydrogens (tertiary/aromatic N) is 1. The van der Waals surface area contributed by atoms with Gasteiger partial charge in [-0.3, -0.25) is 0 Å². The van der Waals surface area contributed by atoms with Crippen molar-refractivity contribution in [3.8, 4) is 0 Å². The highest BCUT2D eigenvalue weighted by atomic mass is 32.2. The number of halogens is 3. The van der Waals surface area contributed by atoms with E-state index in [9.17, 15) is 22.8 Å². The summed E-state index contributed by atoms with van der Waals surface area (Å²) in [6.45, 7) is -0.442. The molecular weight excluding hydrogens is 363 g/mol. The molecular formula is C15H14F3NO5S. The Balaban J connectivity index is 2.57. The summed E-state index contributed by atoms with van der Waals surface area (Å²) >= 11 is -0.330. The normalized spacial score (nSPS) is 15.2. The fraction of sp³-hybridized carbons (Fsp3) is 0.333. The van der Waals surface area contributed by atoms with Gasteiger partial charge in [0.15, 0.2) is 0 Å². The highest BCUT2D eigenvalue weighted by Crippen LogP contribution is 2.43. The summed E-state index contributed by atoms with van der Waals surface area (Å²) in [6, 6.07) is 5.59. The van der Waals surface area contributed by atoms with E-state index in [-0.39, 0.29) is 47.0 Å². The van der Waals surface area contributed by atoms with Gasteiger partial charge in [-0.15, -0.1) is 0 Å². The molecule has 1 aliphatic heterocycles. The van der Waals surface area contributed by atoms with Gasteiger partial charge >= 0.3 is 17.4 Å². The molecule has 0 bridgehead atoms. The van der Waals surface area contributed by atoms with Gasteiger partial charge in [-0.1, -0.05) is 12.1 Å². The van der Waals surface area contributed by atoms with Gasteiger partial charge in [0.1, 0.15) is 12.4 Å². The number of thioether (sulfide) groups is 1. The molecule has 136 valence electrons. The third-order valence-electron chi connectivity index (χ3n) is 3.21. The van der Waals surface area contributed by atoms with Gasteiger partial charge in [0.25, 0.3) is 0 Å². The Morgan fingerprint density at radius 1 is 1.16 bits per heavy atom. The second-order valence-electron chi connectivity index (χ2n) is 4.73. The number of carbonyl (C=O) groups excluding carboxylic acids is 2. The molecule has 0 aliphatic carbocycles. The first-order valence-corrected chi connectivity index (χ1v) is 7.70. The molecule has 2 rings (SSSR count). The first-order chi connectivity index (χ1) is 11.8. The largest absolute Gasteiger partial charge is 0.466 e. The predicted octanol–water partition coefficient (Wildman–Crippen LogP) is 2.69. The van der Waals surface area contributed by atoms with Crippen LogP contribution in [0, 0.1) is 0 Å². The van der Waals surface area contributed by atoms with E-state index in [1.54, 1.807) is 0 Å². The molecule has 1 aliphatic rings. The Kier molecular flexibility index (Phi) is 5.96. The zero-order valence-corrected chi connectivity index (χ0v) is 14.1. The molecule has 0 unspecified atom stereocenters. The van der Waals surface area contributed by atoms with Crippen LogP contribution in [0.2, 0.25) is 0 Å². The topological polar surface area (TPSA) is 65.1 Å². The van der Waals surface area contributed by atoms with E-state index < -0.39 is 17.4 Å². The third kappa shape index (κ3) is 4.45. The number of benzene rings is 1. The minimum absolute atomic E-state index is 0.0614. The number of carbonyl (C=O) groups is 2. The summed E-state index contributed by atoms with van der Waals surface area (Å²) in [5.41, 5.74) is -4.80. The van der Waals surface area contributed by atoms with Crippen molar-refractivity contribution in [2.45, 2.75) is 10.4 Å². The van der Waals surface area contributed by atoms with Crippen molar-refractivity contribution in [2.24, 2.45) is 0 Å². The maximum atomic E-state index is 12.8. The first-order valence-electron chi connectivity index (χ1n) is 6.88. The standard InChI is InChI=1S/C15H14F3NO5S/c1-22-13(20)9-7-24-8-19(12(9)14(21)23-2)10-5-3-4-6-11(10)25-15(16,17)18/h3-6H,7-8H2,1-2H3. The summed E-state index contributed by atoms with van der Waals surface area (Å²) in [5.74, 6) is -1.71. The van der Waals surface area contributed by atoms with Crippen LogP contribution in [0.5, 0.6) is 0 Å². The van der Waals surface area contributed by atoms with Crippen molar-refractivity contribution in [1.29, 1.82) is 0 Å². The molecule has 0 saturated carbocycles. The lowest BCUT2D eigenvalue weighted by molar-refractivity contribution is -0.140. The van der Waals surface area contributed by atoms with Gasteiger partial charge in [-0.2, -0.15) is 13.2 Å². The zero-order valence-electron chi connectivity index (χ0n) is 13.3. The number of hydrogen-bond donors (Lipinski definition) is 0. The Hall–Kier alpha value is -2.20. The summed E-state index contributed by atoms with van der Waals surface area (Å²) < 4.78 is 53.0. The Morgan fingerprint density at radius 2 is 1.80 bits per heavy atom. The van der Waals surface area contributed by atoms with Crippen LogP contribution < -0.4 is 4.90 Å². The van der Waals surface area contributed by atoms with Crippen LogP contribution in [0.3, 0.4) is 0 Å². The lowest BCUT2D eigenvalue weighted by atomic mass is 10.1. The quantitative estimate of drug-likeness (QED) is 0.590. The van der Waals surface area contributed by atoms with Crippen LogP contribution in [0.1, 0.15) is 0 Å². The fourth-order valence-corrected chi connectivity index (χ4v) is 2.90. The molecule has 0 fully saturated rings. The maximum absolute atomic E-state index is 12.8. The van der Waals surface area contributed by atoms with Gasteiger partial charge in [0.2, 0.25) is 0 Å². The van der Waals surface area contributed by atoms with Gasteiger partial charge < -0.3 is 19.1 Å². The van der Waals surface area contributed by atoms with Crippen LogP contribution in [-0.2, 0) is 23.8 Å². The fourth-order valence-electron chi connectivity index (χ4n) is 2.22. The third-order valence-corrected chi connectivity index (χ3v) is 4.01. The van der Waals surface area contributed by atoms with Crippen LogP contribution in [-0.4, -0.2) is 45.0 Å². The van der Waals surface area contributed by atoms with Crippen LogP contribution >= 0.6 is 11.8 Å². The summed E-state index contributed by atoms with van der Waals surface area (Å²) in [5, 5.41) is 0. The van der Waals surface area contributed by atoms with Crippen molar-refractivity contribution in [2.75, 3.05) is 32.5 Å². The predicted molar refractivity (Wildman–Crippen MR) is 82.7 cm³/mol. The van der Waals surface area contributed by atoms with Crippen molar-refractivity contribution < 1.29 is 37.0 Å². The van der Waals surface area contributed by atoms with E-state index in [1.165, 1.54) is 24.3 Å². The second-order valence-corrected chi connectivity index (χ2v) is 5.84. The smallest absolute Gasteiger partial charge is 0.446 e. The van der Waals surface area contributed by atoms with Gasteiger partial charge in [0, 0.05) is 4.90 Å². The number of rotatable bonds is 4. The number of para-hydroxylation sites is 1. The second kappa shape index (κ2) is 7.79. The van der Waals surface area contributed by atoms with E-state index in [0.29, 0.717) is 0 Å². The molecule has 0 amide bonds. The molecule has 0 saturated heterocycles. The molecule has 0 radical (unpaired) electrons. The molecule has 1 aromatic rings. The first kappa shape index (κ1) is 19.1. The van der Waals surface area contributed by atoms with Crippen molar-refractivity contribution >= 4 is 29.4 Å². The molecule has 6 nitrogen and oxygen atoms in total. The number of alkyl halides is 3. The molecule has 0 atom stereocenters. The average molecular weight is 377 g/mol. The Bertz CT molecular complexity index is 705. The van der Waals surface area contributed by atoms with Crippen molar-refractivity contribution in [3.63, 3.8) is 0 Å². The Morgan fingerprint density at radius 3 is 2.40 bits per heavy atom. The Labute approximate surface area is 145 Å². The van der Waals surface area contributed by atoms with Gasteiger partial charge in [-0.25, -0.2) is 9.59 Å². The number of esters is 2. The monoisotopic (exact) mass is 377 g/mol. The van der Waals surface area contributed by atoms with Crippen LogP contribution in [0.15, 0.2) is 40.4 Å². The lowest BCUT2D eigenvalue weighted by Crippen LogP contribution is -2.39. The molecule has 10 heteroatoms. The molecule has 1 heterocycles. The van der Waals surface area contributed by atoms with Crippen LogP contribution in [0.4, 0.5) is 18.9 Å². The van der Waals surface area contributed by atoms with Gasteiger partial charge in [0.05, 0.1) is 32.1 Å². The zero-order chi connectivity index (χ0) is 18.6. The molecule has 25 heavy (non-hydrogen) atoms. The summed E-state index contributed by atoms with van der Waals surface area (Å²) in [7, 11) is 2.23. The molecule has 0 N–H and O–H groups in total. The average Bonchev–Trinajstić information content (AvgIpc) is 2.58. The van der Waals surface area contributed by atoms with Gasteiger partial charge in [-0.05, 0) is 23.9 Å². The van der Waals surface area contributed by atoms with Crippen LogP contribution in [0.25, 0.3) is 0 Å². The van der Waals surface area contributed by atoms with E-state index in [1.807, 2.05) is 0 Å². The van der Waals surface area contributed by atoms with E-state index in [2.05, 4.69) is 9.47 Å². The highest BCUT2D eigenvalue weighted by Gasteiger charge is 2.36. The summed E-state index contributed by atoms with van der Waals surface area (Å²) in [6.07, 6.45) is 0. The number of methoxy groups -OCH3 is 2. The highest BCUT2D eigenvalue weighted by molar-refractivity contribution is 8.00. The maximum Gasteiger partial charge on any atom is 0.446 e. The van der Waals surface area contributed by atoms with E-state index >= 15 is 0 Å². The van der Waals surface area contributed by atoms with E-state index in [0.717, 1.165) is 19.1 Å². The van der Waals surface area contributed by atoms with E-state index in [4.69, 9.17) is 4.74 Å². The van der Waals surface area contributed by atoms with Crippen molar-refractivity contribution in [1.82, 2.24) is 0 Å². The minimum Gasteiger partial charge on any atom is -0.466 e. The molecule has 0 spiro atoms. The number of anilines is 1. The number of hydrogen-bond acceptors (Lipinski definition) is 7. The minimum atomic E-state index is -4.52. The molecule has 1 aromatic carbocycles. The number of ether oxygens (including phenoxy) is 3. The summed E-state index contributed by atoms with van der Waals surface area (Å²) in [4.78, 5) is 25.1. The molecule has 0 aromatic heterocycles. The SMILES string of the molecule is COC(=O)C1=C(C(=O)OC)N(c2ccccc2SC(F)(F)F)COC1.